The molecule has 2 nitrogen and oxygen atoms in total. The van der Waals surface area contributed by atoms with E-state index in [2.05, 4.69) is 39.5 Å². The smallest absolute Gasteiger partial charge is 0.0718 e. The number of hydrogen-bond donors (Lipinski definition) is 2. The SMILES string of the molecule is NNC(c1ccc(Cl)cc1)c1csc(I)c1. The molecule has 1 atom stereocenters. The maximum absolute atomic E-state index is 5.86. The molecule has 16 heavy (non-hydrogen) atoms. The highest BCUT2D eigenvalue weighted by molar-refractivity contribution is 14.1. The molecular formula is C11H10ClIN2S. The fourth-order valence-corrected chi connectivity index (χ4v) is 3.04. The zero-order valence-corrected chi connectivity index (χ0v) is 12.0. The van der Waals surface area contributed by atoms with E-state index in [1.807, 2.05) is 24.3 Å². The number of halogens is 2. The molecule has 2 aromatic rings. The van der Waals surface area contributed by atoms with Crippen LogP contribution in [0, 0.1) is 2.88 Å². The lowest BCUT2D eigenvalue weighted by molar-refractivity contribution is 0.638. The van der Waals surface area contributed by atoms with E-state index in [1.54, 1.807) is 11.3 Å². The normalized spacial score (nSPS) is 12.7. The number of hydrogen-bond acceptors (Lipinski definition) is 3. The number of nitrogens with one attached hydrogen (secondary N) is 1. The van der Waals surface area contributed by atoms with Gasteiger partial charge in [0, 0.05) is 5.02 Å². The molecule has 1 aromatic heterocycles. The highest BCUT2D eigenvalue weighted by Crippen LogP contribution is 2.27. The molecule has 0 aliphatic carbocycles. The third-order valence-corrected chi connectivity index (χ3v) is 4.35. The lowest BCUT2D eigenvalue weighted by Gasteiger charge is -2.14. The number of rotatable bonds is 3. The second-order valence-electron chi connectivity index (χ2n) is 3.34. The van der Waals surface area contributed by atoms with Crippen molar-refractivity contribution in [2.24, 2.45) is 5.84 Å². The van der Waals surface area contributed by atoms with Crippen molar-refractivity contribution in [1.82, 2.24) is 5.43 Å². The quantitative estimate of drug-likeness (QED) is 0.496. The molecule has 0 aliphatic rings. The fraction of sp³-hybridized carbons (Fsp3) is 0.0909. The summed E-state index contributed by atoms with van der Waals surface area (Å²) in [4.78, 5) is 0. The minimum Gasteiger partial charge on any atom is -0.271 e. The van der Waals surface area contributed by atoms with E-state index in [9.17, 15) is 0 Å². The molecule has 0 amide bonds. The highest BCUT2D eigenvalue weighted by atomic mass is 127. The maximum atomic E-state index is 5.86. The first kappa shape index (κ1) is 12.3. The van der Waals surface area contributed by atoms with Crippen LogP contribution in [0.2, 0.25) is 5.02 Å². The molecule has 1 heterocycles. The number of thiophene rings is 1. The first-order chi connectivity index (χ1) is 7.70. The summed E-state index contributed by atoms with van der Waals surface area (Å²) in [7, 11) is 0. The predicted octanol–water partition coefficient (Wildman–Crippen LogP) is 3.56. The third-order valence-electron chi connectivity index (χ3n) is 2.29. The molecule has 1 aromatic carbocycles. The van der Waals surface area contributed by atoms with Gasteiger partial charge in [-0.1, -0.05) is 23.7 Å². The van der Waals surface area contributed by atoms with Crippen LogP contribution in [0.1, 0.15) is 17.2 Å². The summed E-state index contributed by atoms with van der Waals surface area (Å²) in [6.07, 6.45) is 0. The number of benzene rings is 1. The molecule has 0 saturated carbocycles. The van der Waals surface area contributed by atoms with Crippen molar-refractivity contribution >= 4 is 45.5 Å². The Labute approximate surface area is 117 Å². The molecule has 1 unspecified atom stereocenters. The van der Waals surface area contributed by atoms with Crippen LogP contribution < -0.4 is 11.3 Å². The van der Waals surface area contributed by atoms with Gasteiger partial charge in [0.25, 0.3) is 0 Å². The van der Waals surface area contributed by atoms with Crippen molar-refractivity contribution in [3.63, 3.8) is 0 Å². The largest absolute Gasteiger partial charge is 0.271 e. The first-order valence-corrected chi connectivity index (χ1v) is 7.00. The van der Waals surface area contributed by atoms with Gasteiger partial charge in [-0.25, -0.2) is 5.43 Å². The van der Waals surface area contributed by atoms with Crippen LogP contribution in [0.15, 0.2) is 35.7 Å². The van der Waals surface area contributed by atoms with E-state index in [0.29, 0.717) is 0 Å². The van der Waals surface area contributed by atoms with Crippen LogP contribution in [0.5, 0.6) is 0 Å². The van der Waals surface area contributed by atoms with Crippen molar-refractivity contribution in [2.75, 3.05) is 0 Å². The Morgan fingerprint density at radius 1 is 1.25 bits per heavy atom. The zero-order chi connectivity index (χ0) is 11.5. The van der Waals surface area contributed by atoms with Gasteiger partial charge in [-0.05, 0) is 57.3 Å². The van der Waals surface area contributed by atoms with Crippen molar-refractivity contribution in [1.29, 1.82) is 0 Å². The van der Waals surface area contributed by atoms with Crippen LogP contribution in [0.3, 0.4) is 0 Å². The average Bonchev–Trinajstić information content (AvgIpc) is 2.69. The second-order valence-corrected chi connectivity index (χ2v) is 6.58. The summed E-state index contributed by atoms with van der Waals surface area (Å²) in [5, 5.41) is 2.85. The molecule has 0 bridgehead atoms. The predicted molar refractivity (Wildman–Crippen MR) is 77.7 cm³/mol. The standard InChI is InChI=1S/C11H10ClIN2S/c12-9-3-1-7(2-4-9)11(15-14)8-5-10(13)16-6-8/h1-6,11,15H,14H2. The average molecular weight is 365 g/mol. The minimum absolute atomic E-state index is 0.0250. The van der Waals surface area contributed by atoms with Gasteiger partial charge in [0.2, 0.25) is 0 Å². The molecule has 2 rings (SSSR count). The van der Waals surface area contributed by atoms with Crippen LogP contribution in [-0.2, 0) is 0 Å². The monoisotopic (exact) mass is 364 g/mol. The maximum Gasteiger partial charge on any atom is 0.0718 e. The van der Waals surface area contributed by atoms with Crippen LogP contribution >= 0.6 is 45.5 Å². The summed E-state index contributed by atoms with van der Waals surface area (Å²) in [6, 6.07) is 9.87. The molecule has 0 fully saturated rings. The van der Waals surface area contributed by atoms with Gasteiger partial charge in [0.05, 0.1) is 8.93 Å². The summed E-state index contributed by atoms with van der Waals surface area (Å²) < 4.78 is 1.25. The van der Waals surface area contributed by atoms with Crippen molar-refractivity contribution in [3.8, 4) is 0 Å². The van der Waals surface area contributed by atoms with E-state index in [4.69, 9.17) is 17.4 Å². The Hall–Kier alpha value is -0.140. The zero-order valence-electron chi connectivity index (χ0n) is 8.28. The van der Waals surface area contributed by atoms with Crippen LogP contribution in [0.25, 0.3) is 0 Å². The second kappa shape index (κ2) is 5.46. The van der Waals surface area contributed by atoms with Gasteiger partial charge < -0.3 is 0 Å². The fourth-order valence-electron chi connectivity index (χ4n) is 1.51. The van der Waals surface area contributed by atoms with E-state index < -0.39 is 0 Å². The molecule has 5 heteroatoms. The summed E-state index contributed by atoms with van der Waals surface area (Å²) >= 11 is 9.87. The van der Waals surface area contributed by atoms with Gasteiger partial charge >= 0.3 is 0 Å². The van der Waals surface area contributed by atoms with Gasteiger partial charge in [-0.3, -0.25) is 5.84 Å². The van der Waals surface area contributed by atoms with Gasteiger partial charge in [0.1, 0.15) is 0 Å². The molecule has 0 aliphatic heterocycles. The molecule has 0 radical (unpaired) electrons. The topological polar surface area (TPSA) is 38.0 Å². The number of hydrazine groups is 1. The Morgan fingerprint density at radius 2 is 1.94 bits per heavy atom. The van der Waals surface area contributed by atoms with Crippen molar-refractivity contribution < 1.29 is 0 Å². The molecular weight excluding hydrogens is 355 g/mol. The van der Waals surface area contributed by atoms with E-state index >= 15 is 0 Å². The Balaban J connectivity index is 2.32. The number of nitrogens with two attached hydrogens (primary N) is 1. The van der Waals surface area contributed by atoms with Crippen LogP contribution in [-0.4, -0.2) is 0 Å². The molecule has 0 spiro atoms. The van der Waals surface area contributed by atoms with Crippen LogP contribution in [0.4, 0.5) is 0 Å². The summed E-state index contributed by atoms with van der Waals surface area (Å²) in [5.41, 5.74) is 5.12. The van der Waals surface area contributed by atoms with Gasteiger partial charge in [0.15, 0.2) is 0 Å². The van der Waals surface area contributed by atoms with E-state index in [-0.39, 0.29) is 6.04 Å². The van der Waals surface area contributed by atoms with Gasteiger partial charge in [-0.2, -0.15) is 0 Å². The summed E-state index contributed by atoms with van der Waals surface area (Å²) in [6.45, 7) is 0. The first-order valence-electron chi connectivity index (χ1n) is 4.66. The molecule has 84 valence electrons. The van der Waals surface area contributed by atoms with E-state index in [1.165, 1.54) is 8.45 Å². The Kier molecular flexibility index (Phi) is 4.21. The highest BCUT2D eigenvalue weighted by Gasteiger charge is 2.13. The summed E-state index contributed by atoms with van der Waals surface area (Å²) in [5.74, 6) is 5.60. The molecule has 0 saturated heterocycles. The Morgan fingerprint density at radius 3 is 2.44 bits per heavy atom. The van der Waals surface area contributed by atoms with E-state index in [0.717, 1.165) is 10.6 Å². The third kappa shape index (κ3) is 2.75. The van der Waals surface area contributed by atoms with Crippen molar-refractivity contribution in [3.05, 3.63) is 54.7 Å². The lowest BCUT2D eigenvalue weighted by atomic mass is 10.0. The Bertz CT molecular complexity index is 469. The minimum atomic E-state index is 0.0250. The van der Waals surface area contributed by atoms with Crippen molar-refractivity contribution in [2.45, 2.75) is 6.04 Å². The lowest BCUT2D eigenvalue weighted by Crippen LogP contribution is -2.28. The van der Waals surface area contributed by atoms with Gasteiger partial charge in [-0.15, -0.1) is 11.3 Å². The molecule has 3 N–H and O–H groups in total.